The molecule has 5 rings (SSSR count). The Morgan fingerprint density at radius 1 is 1.06 bits per heavy atom. The molecule has 6 atom stereocenters. The number of rotatable bonds is 4. The zero-order valence-electron chi connectivity index (χ0n) is 22.1. The van der Waals surface area contributed by atoms with Crippen LogP contribution in [-0.4, -0.2) is 12.1 Å². The zero-order chi connectivity index (χ0) is 25.0. The van der Waals surface area contributed by atoms with Gasteiger partial charge in [-0.25, -0.2) is 4.79 Å². The molecule has 0 unspecified atom stereocenters. The van der Waals surface area contributed by atoms with Gasteiger partial charge in [0.2, 0.25) is 0 Å². The van der Waals surface area contributed by atoms with Crippen LogP contribution < -0.4 is 0 Å². The molecule has 0 amide bonds. The summed E-state index contributed by atoms with van der Waals surface area (Å²) in [7, 11) is 0. The van der Waals surface area contributed by atoms with Crippen LogP contribution >= 0.6 is 11.6 Å². The zero-order valence-corrected chi connectivity index (χ0v) is 22.8. The highest BCUT2D eigenvalue weighted by Crippen LogP contribution is 2.66. The molecule has 1 fully saturated rings. The maximum atomic E-state index is 12.9. The normalized spacial score (nSPS) is 36.7. The molecule has 35 heavy (non-hydrogen) atoms. The Hall–Kier alpha value is -1.80. The maximum Gasteiger partial charge on any atom is 0.338 e. The lowest BCUT2D eigenvalue weighted by Crippen LogP contribution is -2.54. The van der Waals surface area contributed by atoms with E-state index in [-0.39, 0.29) is 28.3 Å². The minimum absolute atomic E-state index is 0.0393. The van der Waals surface area contributed by atoms with E-state index in [1.807, 2.05) is 30.3 Å². The Balaban J connectivity index is 1.41. The van der Waals surface area contributed by atoms with Crippen molar-refractivity contribution in [3.8, 4) is 0 Å². The fourth-order valence-electron chi connectivity index (χ4n) is 8.73. The van der Waals surface area contributed by atoms with Gasteiger partial charge in [-0.3, -0.25) is 0 Å². The lowest BCUT2D eigenvalue weighted by atomic mass is 9.46. The van der Waals surface area contributed by atoms with Gasteiger partial charge in [-0.2, -0.15) is 0 Å². The number of allylic oxidation sites excluding steroid dienone is 5. The number of hydrogen-bond acceptors (Lipinski definition) is 2. The van der Waals surface area contributed by atoms with E-state index in [1.165, 1.54) is 19.3 Å². The van der Waals surface area contributed by atoms with Crippen LogP contribution in [-0.2, 0) is 4.74 Å². The average molecular weight is 493 g/mol. The first-order chi connectivity index (χ1) is 16.6. The maximum absolute atomic E-state index is 12.9. The van der Waals surface area contributed by atoms with Crippen LogP contribution in [0.25, 0.3) is 0 Å². The van der Waals surface area contributed by atoms with Gasteiger partial charge in [0.05, 0.1) is 5.56 Å². The number of esters is 1. The number of benzene rings is 1. The molecule has 0 aliphatic heterocycles. The van der Waals surface area contributed by atoms with Gasteiger partial charge in [-0.15, -0.1) is 0 Å². The summed E-state index contributed by atoms with van der Waals surface area (Å²) in [6.45, 7) is 12.1. The van der Waals surface area contributed by atoms with Crippen LogP contribution in [0.4, 0.5) is 0 Å². The number of halogens is 1. The first kappa shape index (κ1) is 24.9. The molecule has 0 N–H and O–H groups in total. The van der Waals surface area contributed by atoms with E-state index in [9.17, 15) is 4.79 Å². The highest BCUT2D eigenvalue weighted by molar-refractivity contribution is 6.25. The molecule has 4 aliphatic rings. The van der Waals surface area contributed by atoms with E-state index >= 15 is 0 Å². The fourth-order valence-corrected chi connectivity index (χ4v) is 8.96. The molecule has 0 heterocycles. The van der Waals surface area contributed by atoms with Crippen molar-refractivity contribution in [2.45, 2.75) is 85.7 Å². The predicted octanol–water partition coefficient (Wildman–Crippen LogP) is 8.88. The van der Waals surface area contributed by atoms with Crippen molar-refractivity contribution in [1.82, 2.24) is 0 Å². The van der Waals surface area contributed by atoms with Crippen LogP contribution in [0, 0.1) is 34.0 Å². The van der Waals surface area contributed by atoms with Crippen LogP contribution in [0.15, 0.2) is 64.7 Å². The lowest BCUT2D eigenvalue weighted by molar-refractivity contribution is -0.0992. The number of carbonyl (C=O) groups is 1. The number of hydrogen-bond donors (Lipinski definition) is 0. The van der Waals surface area contributed by atoms with E-state index in [2.05, 4.69) is 46.8 Å². The highest BCUT2D eigenvalue weighted by atomic mass is 35.5. The molecule has 1 saturated carbocycles. The van der Waals surface area contributed by atoms with Crippen molar-refractivity contribution >= 4 is 17.6 Å². The van der Waals surface area contributed by atoms with Crippen molar-refractivity contribution in [3.05, 3.63) is 70.3 Å². The van der Waals surface area contributed by atoms with Crippen molar-refractivity contribution in [2.75, 3.05) is 0 Å². The third-order valence-electron chi connectivity index (χ3n) is 10.7. The summed E-state index contributed by atoms with van der Waals surface area (Å²) in [5.41, 5.74) is 7.80. The Morgan fingerprint density at radius 2 is 1.80 bits per heavy atom. The molecule has 1 aromatic rings. The van der Waals surface area contributed by atoms with Gasteiger partial charge >= 0.3 is 5.97 Å². The summed E-state index contributed by atoms with van der Waals surface area (Å²) in [6, 6.07) is 9.45. The largest absolute Gasteiger partial charge is 0.458 e. The summed E-state index contributed by atoms with van der Waals surface area (Å²) in [4.78, 5) is 12.9. The Labute approximate surface area is 216 Å². The fraction of sp³-hybridized carbons (Fsp3) is 0.594. The standard InChI is InChI=1S/C32H41ClO2/c1-21(17-20-33)24-12-13-25-23-11-14-27-30(2,3)28(35-29(34)22-9-7-6-8-10-22)16-19-32(27,5)26(23)15-18-31(24,25)4/h6-10,13,17,20-21,24,27-28H,11-12,14-16,18-19H2,1-5H3/b20-17+/t21-,24-,27+,28+,31-,32-/m1/s1. The molecule has 0 radical (unpaired) electrons. The summed E-state index contributed by atoms with van der Waals surface area (Å²) in [5, 5.41) is 0. The third-order valence-corrected chi connectivity index (χ3v) is 10.8. The predicted molar refractivity (Wildman–Crippen MR) is 144 cm³/mol. The van der Waals surface area contributed by atoms with Crippen molar-refractivity contribution < 1.29 is 9.53 Å². The minimum Gasteiger partial charge on any atom is -0.458 e. The van der Waals surface area contributed by atoms with Gasteiger partial charge < -0.3 is 4.74 Å². The van der Waals surface area contributed by atoms with E-state index in [0.717, 1.165) is 25.7 Å². The lowest BCUT2D eigenvalue weighted by Gasteiger charge is -2.59. The van der Waals surface area contributed by atoms with E-state index < -0.39 is 0 Å². The first-order valence-electron chi connectivity index (χ1n) is 13.6. The van der Waals surface area contributed by atoms with Gasteiger partial charge in [0.25, 0.3) is 0 Å². The molecule has 3 heteroatoms. The average Bonchev–Trinajstić information content (AvgIpc) is 3.19. The second-order valence-corrected chi connectivity index (χ2v) is 12.9. The van der Waals surface area contributed by atoms with E-state index in [4.69, 9.17) is 16.3 Å². The minimum atomic E-state index is -0.182. The second-order valence-electron chi connectivity index (χ2n) is 12.6. The number of ether oxygens (including phenoxy) is 1. The summed E-state index contributed by atoms with van der Waals surface area (Å²) >= 11 is 5.97. The summed E-state index contributed by atoms with van der Waals surface area (Å²) in [5.74, 6) is 1.47. The molecule has 2 nitrogen and oxygen atoms in total. The van der Waals surface area contributed by atoms with Gasteiger partial charge in [0.1, 0.15) is 6.10 Å². The monoisotopic (exact) mass is 492 g/mol. The van der Waals surface area contributed by atoms with Gasteiger partial charge in [0.15, 0.2) is 0 Å². The second kappa shape index (κ2) is 8.94. The van der Waals surface area contributed by atoms with Gasteiger partial charge in [-0.1, -0.05) is 82.1 Å². The molecule has 0 bridgehead atoms. The molecular formula is C32H41ClO2. The number of fused-ring (bicyclic) bond motifs is 4. The van der Waals surface area contributed by atoms with Crippen LogP contribution in [0.2, 0.25) is 0 Å². The van der Waals surface area contributed by atoms with Crippen LogP contribution in [0.5, 0.6) is 0 Å². The third kappa shape index (κ3) is 3.86. The van der Waals surface area contributed by atoms with E-state index in [0.29, 0.717) is 23.3 Å². The smallest absolute Gasteiger partial charge is 0.338 e. The Bertz CT molecular complexity index is 1080. The molecule has 1 aromatic carbocycles. The van der Waals surface area contributed by atoms with E-state index in [1.54, 1.807) is 22.3 Å². The Kier molecular flexibility index (Phi) is 6.36. The SMILES string of the molecule is C[C@H](/C=C/Cl)[C@H]1CC=C2C3=C(CC[C@@]21C)[C@@]1(C)CC[C@H](OC(=O)c2ccccc2)C(C)(C)[C@@H]1CC3. The van der Waals surface area contributed by atoms with Crippen LogP contribution in [0.3, 0.4) is 0 Å². The molecule has 0 saturated heterocycles. The quantitative estimate of drug-likeness (QED) is 0.392. The molecule has 0 spiro atoms. The summed E-state index contributed by atoms with van der Waals surface area (Å²) < 4.78 is 6.19. The Morgan fingerprint density at radius 3 is 2.51 bits per heavy atom. The number of carbonyl (C=O) groups excluding carboxylic acids is 1. The van der Waals surface area contributed by atoms with Gasteiger partial charge in [0, 0.05) is 11.0 Å². The highest BCUT2D eigenvalue weighted by Gasteiger charge is 2.58. The molecule has 188 valence electrons. The van der Waals surface area contributed by atoms with Crippen molar-refractivity contribution in [3.63, 3.8) is 0 Å². The summed E-state index contributed by atoms with van der Waals surface area (Å²) in [6.07, 6.45) is 12.7. The van der Waals surface area contributed by atoms with Crippen molar-refractivity contribution in [1.29, 1.82) is 0 Å². The molecular weight excluding hydrogens is 452 g/mol. The topological polar surface area (TPSA) is 26.3 Å². The molecule has 4 aliphatic carbocycles. The molecule has 0 aromatic heterocycles. The van der Waals surface area contributed by atoms with Crippen molar-refractivity contribution in [2.24, 2.45) is 34.0 Å². The first-order valence-corrected chi connectivity index (χ1v) is 14.0. The van der Waals surface area contributed by atoms with Crippen LogP contribution in [0.1, 0.15) is 89.9 Å². The van der Waals surface area contributed by atoms with Gasteiger partial charge in [-0.05, 0) is 96.8 Å².